The Bertz CT molecular complexity index is 372. The molecule has 1 aromatic rings. The lowest BCUT2D eigenvalue weighted by atomic mass is 10.1. The highest BCUT2D eigenvalue weighted by atomic mass is 32.2. The average Bonchev–Trinajstić information content (AvgIpc) is 2.60. The van der Waals surface area contributed by atoms with Crippen LogP contribution in [0.4, 0.5) is 0 Å². The quantitative estimate of drug-likeness (QED) is 0.651. The molecule has 1 aliphatic heterocycles. The zero-order valence-corrected chi connectivity index (χ0v) is 8.76. The molecule has 1 heterocycles. The third-order valence-electron chi connectivity index (χ3n) is 2.11. The molecule has 0 atom stereocenters. The van der Waals surface area contributed by atoms with E-state index in [1.54, 1.807) is 6.08 Å². The number of benzene rings is 1. The summed E-state index contributed by atoms with van der Waals surface area (Å²) in [5, 5.41) is 0. The number of fused-ring (bicyclic) bond motifs is 1. The second-order valence-electron chi connectivity index (χ2n) is 3.14. The molecular formula is C13H12S. The first-order chi connectivity index (χ1) is 6.90. The normalized spacial score (nSPS) is 17.6. The van der Waals surface area contributed by atoms with Crippen molar-refractivity contribution in [2.45, 2.75) is 11.3 Å². The van der Waals surface area contributed by atoms with E-state index in [-0.39, 0.29) is 0 Å². The standard InChI is InChI=1S/C13H12S/c1-2-3-4-8-12-10-11-7-5-6-9-13(11)14-12/h2-9H,1,10H2/b4-3-,12-8+. The monoisotopic (exact) mass is 200 g/mol. The van der Waals surface area contributed by atoms with Crippen molar-refractivity contribution >= 4 is 11.8 Å². The molecular weight excluding hydrogens is 188 g/mol. The molecule has 0 aliphatic carbocycles. The van der Waals surface area contributed by atoms with E-state index in [1.807, 2.05) is 23.9 Å². The van der Waals surface area contributed by atoms with Crippen LogP contribution in [0.2, 0.25) is 0 Å². The van der Waals surface area contributed by atoms with E-state index in [1.165, 1.54) is 15.4 Å². The average molecular weight is 200 g/mol. The Morgan fingerprint density at radius 2 is 2.07 bits per heavy atom. The minimum Gasteiger partial charge on any atom is -0.0991 e. The van der Waals surface area contributed by atoms with Crippen LogP contribution in [-0.4, -0.2) is 0 Å². The van der Waals surface area contributed by atoms with Crippen molar-refractivity contribution in [1.82, 2.24) is 0 Å². The van der Waals surface area contributed by atoms with E-state index >= 15 is 0 Å². The predicted molar refractivity (Wildman–Crippen MR) is 63.4 cm³/mol. The molecule has 70 valence electrons. The van der Waals surface area contributed by atoms with E-state index in [0.717, 1.165) is 6.42 Å². The van der Waals surface area contributed by atoms with Crippen LogP contribution in [0, 0.1) is 0 Å². The minimum atomic E-state index is 1.07. The Morgan fingerprint density at radius 3 is 2.86 bits per heavy atom. The largest absolute Gasteiger partial charge is 0.0991 e. The third kappa shape index (κ3) is 1.99. The molecule has 0 unspecified atom stereocenters. The molecule has 0 N–H and O–H groups in total. The van der Waals surface area contributed by atoms with Gasteiger partial charge in [0.2, 0.25) is 0 Å². The van der Waals surface area contributed by atoms with Crippen LogP contribution in [-0.2, 0) is 6.42 Å². The molecule has 0 nitrogen and oxygen atoms in total. The van der Waals surface area contributed by atoms with Crippen molar-refractivity contribution in [3.05, 3.63) is 65.6 Å². The summed E-state index contributed by atoms with van der Waals surface area (Å²) in [7, 11) is 0. The number of thioether (sulfide) groups is 1. The Kier molecular flexibility index (Phi) is 2.90. The fourth-order valence-corrected chi connectivity index (χ4v) is 2.52. The predicted octanol–water partition coefficient (Wildman–Crippen LogP) is 3.96. The maximum absolute atomic E-state index is 3.64. The van der Waals surface area contributed by atoms with E-state index in [4.69, 9.17) is 0 Å². The molecule has 1 heteroatoms. The second-order valence-corrected chi connectivity index (χ2v) is 4.31. The lowest BCUT2D eigenvalue weighted by molar-refractivity contribution is 1.21. The van der Waals surface area contributed by atoms with Crippen molar-refractivity contribution in [1.29, 1.82) is 0 Å². The highest BCUT2D eigenvalue weighted by Gasteiger charge is 2.13. The van der Waals surface area contributed by atoms with Crippen LogP contribution in [0.15, 0.2) is 64.9 Å². The Balaban J connectivity index is 2.15. The lowest BCUT2D eigenvalue weighted by Gasteiger charge is -1.91. The molecule has 0 spiro atoms. The van der Waals surface area contributed by atoms with Gasteiger partial charge in [0.05, 0.1) is 0 Å². The molecule has 1 aliphatic rings. The molecule has 0 amide bonds. The molecule has 0 fully saturated rings. The maximum atomic E-state index is 3.64. The summed E-state index contributed by atoms with van der Waals surface area (Å²) in [5.41, 5.74) is 1.44. The summed E-state index contributed by atoms with van der Waals surface area (Å²) < 4.78 is 0. The Labute approximate surface area is 89.0 Å². The number of rotatable bonds is 2. The Morgan fingerprint density at radius 1 is 1.21 bits per heavy atom. The third-order valence-corrected chi connectivity index (χ3v) is 3.27. The zero-order chi connectivity index (χ0) is 9.80. The van der Waals surface area contributed by atoms with Crippen molar-refractivity contribution in [2.75, 3.05) is 0 Å². The van der Waals surface area contributed by atoms with Crippen LogP contribution in [0.25, 0.3) is 0 Å². The van der Waals surface area contributed by atoms with Crippen LogP contribution in [0.3, 0.4) is 0 Å². The van der Waals surface area contributed by atoms with Crippen LogP contribution in [0.5, 0.6) is 0 Å². The van der Waals surface area contributed by atoms with Gasteiger partial charge in [0.25, 0.3) is 0 Å². The van der Waals surface area contributed by atoms with Crippen molar-refractivity contribution in [3.8, 4) is 0 Å². The van der Waals surface area contributed by atoms with Gasteiger partial charge >= 0.3 is 0 Å². The maximum Gasteiger partial charge on any atom is 0.0154 e. The summed E-state index contributed by atoms with van der Waals surface area (Å²) in [6.45, 7) is 3.64. The van der Waals surface area contributed by atoms with Gasteiger partial charge in [0.15, 0.2) is 0 Å². The highest BCUT2D eigenvalue weighted by molar-refractivity contribution is 8.03. The van der Waals surface area contributed by atoms with E-state index in [9.17, 15) is 0 Å². The molecule has 2 rings (SSSR count). The van der Waals surface area contributed by atoms with Gasteiger partial charge in [-0.1, -0.05) is 60.8 Å². The lowest BCUT2D eigenvalue weighted by Crippen LogP contribution is -1.76. The van der Waals surface area contributed by atoms with Crippen LogP contribution < -0.4 is 0 Å². The van der Waals surface area contributed by atoms with Gasteiger partial charge in [0, 0.05) is 11.3 Å². The fraction of sp³-hybridized carbons (Fsp3) is 0.0769. The number of hydrogen-bond donors (Lipinski definition) is 0. The molecule has 1 aromatic carbocycles. The van der Waals surface area contributed by atoms with Gasteiger partial charge in [-0.15, -0.1) is 0 Å². The zero-order valence-electron chi connectivity index (χ0n) is 7.94. The van der Waals surface area contributed by atoms with E-state index < -0.39 is 0 Å². The van der Waals surface area contributed by atoms with E-state index in [2.05, 4.69) is 36.9 Å². The number of hydrogen-bond acceptors (Lipinski definition) is 1. The summed E-state index contributed by atoms with van der Waals surface area (Å²) >= 11 is 1.86. The summed E-state index contributed by atoms with van der Waals surface area (Å²) in [4.78, 5) is 2.80. The first-order valence-corrected chi connectivity index (χ1v) is 5.46. The van der Waals surface area contributed by atoms with Crippen LogP contribution in [0.1, 0.15) is 5.56 Å². The van der Waals surface area contributed by atoms with Gasteiger partial charge in [0.1, 0.15) is 0 Å². The summed E-state index contributed by atoms with van der Waals surface area (Å²) in [6.07, 6.45) is 9.02. The molecule has 0 saturated carbocycles. The molecule has 0 radical (unpaired) electrons. The first-order valence-electron chi connectivity index (χ1n) is 4.64. The van der Waals surface area contributed by atoms with Crippen LogP contribution >= 0.6 is 11.8 Å². The molecule has 0 aromatic heterocycles. The Hall–Kier alpha value is -1.21. The summed E-state index contributed by atoms with van der Waals surface area (Å²) in [5.74, 6) is 0. The van der Waals surface area contributed by atoms with Gasteiger partial charge in [-0.25, -0.2) is 0 Å². The molecule has 0 saturated heterocycles. The van der Waals surface area contributed by atoms with Gasteiger partial charge in [-0.05, 0) is 16.5 Å². The number of allylic oxidation sites excluding steroid dienone is 5. The van der Waals surface area contributed by atoms with Crippen molar-refractivity contribution in [3.63, 3.8) is 0 Å². The summed E-state index contributed by atoms with van der Waals surface area (Å²) in [6, 6.07) is 8.56. The topological polar surface area (TPSA) is 0 Å². The van der Waals surface area contributed by atoms with Gasteiger partial charge in [-0.3, -0.25) is 0 Å². The van der Waals surface area contributed by atoms with E-state index in [0.29, 0.717) is 0 Å². The fourth-order valence-electron chi connectivity index (χ4n) is 1.45. The SMILES string of the molecule is C=C/C=C\C=C1/Cc2ccccc2S1. The molecule has 14 heavy (non-hydrogen) atoms. The molecule has 0 bridgehead atoms. The smallest absolute Gasteiger partial charge is 0.0154 e. The second kappa shape index (κ2) is 4.34. The van der Waals surface area contributed by atoms with Crippen molar-refractivity contribution in [2.24, 2.45) is 0 Å². The van der Waals surface area contributed by atoms with Gasteiger partial charge < -0.3 is 0 Å². The first kappa shape index (κ1) is 9.35. The van der Waals surface area contributed by atoms with Gasteiger partial charge in [-0.2, -0.15) is 0 Å². The highest BCUT2D eigenvalue weighted by Crippen LogP contribution is 2.39. The minimum absolute atomic E-state index is 1.07. The van der Waals surface area contributed by atoms with Crippen molar-refractivity contribution < 1.29 is 0 Å².